The Labute approximate surface area is 224 Å². The maximum atomic E-state index is 13.8. The predicted octanol–water partition coefficient (Wildman–Crippen LogP) is 5.02. The molecule has 9 heteroatoms. The van der Waals surface area contributed by atoms with Gasteiger partial charge in [0.15, 0.2) is 28.8 Å². The molecule has 0 bridgehead atoms. The molecular formula is C28H30BrNO7. The van der Waals surface area contributed by atoms with Crippen molar-refractivity contribution in [2.24, 2.45) is 0 Å². The van der Waals surface area contributed by atoms with Crippen LogP contribution in [0.4, 0.5) is 0 Å². The minimum Gasteiger partial charge on any atom is -0.493 e. The first-order valence-electron chi connectivity index (χ1n) is 11.7. The van der Waals surface area contributed by atoms with Crippen LogP contribution in [-0.4, -0.2) is 47.3 Å². The lowest BCUT2D eigenvalue weighted by Gasteiger charge is -2.37. The normalized spacial score (nSPS) is 19.2. The van der Waals surface area contributed by atoms with Crippen LogP contribution in [0.25, 0.3) is 0 Å². The maximum absolute atomic E-state index is 13.8. The number of rotatable bonds is 7. The summed E-state index contributed by atoms with van der Waals surface area (Å²) in [6.07, 6.45) is 0.877. The van der Waals surface area contributed by atoms with Gasteiger partial charge < -0.3 is 29.0 Å². The molecule has 2 atom stereocenters. The fourth-order valence-corrected chi connectivity index (χ4v) is 5.82. The van der Waals surface area contributed by atoms with E-state index in [9.17, 15) is 9.59 Å². The minimum atomic E-state index is -0.626. The summed E-state index contributed by atoms with van der Waals surface area (Å²) >= 11 is 3.55. The van der Waals surface area contributed by atoms with E-state index < -0.39 is 11.9 Å². The summed E-state index contributed by atoms with van der Waals surface area (Å²) in [7, 11) is 7.61. The molecule has 8 nitrogen and oxygen atoms in total. The van der Waals surface area contributed by atoms with Crippen molar-refractivity contribution in [3.05, 3.63) is 68.5 Å². The zero-order valence-corrected chi connectivity index (χ0v) is 23.3. The van der Waals surface area contributed by atoms with Crippen LogP contribution in [0.2, 0.25) is 0 Å². The van der Waals surface area contributed by atoms with Crippen molar-refractivity contribution in [1.29, 1.82) is 0 Å². The molecule has 196 valence electrons. The number of hydrogen-bond donors (Lipinski definition) is 1. The van der Waals surface area contributed by atoms with Crippen LogP contribution in [0.3, 0.4) is 0 Å². The molecule has 0 spiro atoms. The Bertz CT molecular complexity index is 1310. The highest BCUT2D eigenvalue weighted by atomic mass is 79.9. The Morgan fingerprint density at radius 1 is 0.892 bits per heavy atom. The number of Topliss-reactive ketones (excluding diaryl/α,β-unsaturated/α-hetero) is 1. The first-order chi connectivity index (χ1) is 17.8. The molecule has 1 N–H and O–H groups in total. The van der Waals surface area contributed by atoms with Crippen LogP contribution < -0.4 is 24.3 Å². The quantitative estimate of drug-likeness (QED) is 0.463. The molecule has 2 aliphatic rings. The van der Waals surface area contributed by atoms with Gasteiger partial charge in [0.25, 0.3) is 0 Å². The third kappa shape index (κ3) is 4.80. The second kappa shape index (κ2) is 10.9. The van der Waals surface area contributed by atoms with Gasteiger partial charge in [-0.1, -0.05) is 6.07 Å². The van der Waals surface area contributed by atoms with Crippen molar-refractivity contribution in [2.75, 3.05) is 35.5 Å². The van der Waals surface area contributed by atoms with E-state index in [2.05, 4.69) is 21.2 Å². The molecule has 4 rings (SSSR count). The van der Waals surface area contributed by atoms with E-state index in [1.165, 1.54) is 7.11 Å². The van der Waals surface area contributed by atoms with Gasteiger partial charge in [-0.05, 0) is 70.6 Å². The molecule has 0 saturated carbocycles. The number of benzene rings is 2. The number of carbonyl (C=O) groups is 2. The lowest BCUT2D eigenvalue weighted by molar-refractivity contribution is -0.136. The van der Waals surface area contributed by atoms with Crippen LogP contribution in [0.5, 0.6) is 23.0 Å². The Hall–Kier alpha value is -3.46. The van der Waals surface area contributed by atoms with Crippen LogP contribution in [0.1, 0.15) is 42.7 Å². The average Bonchev–Trinajstić information content (AvgIpc) is 2.90. The van der Waals surface area contributed by atoms with E-state index >= 15 is 0 Å². The van der Waals surface area contributed by atoms with Gasteiger partial charge in [0, 0.05) is 29.3 Å². The highest BCUT2D eigenvalue weighted by Gasteiger charge is 2.42. The average molecular weight is 572 g/mol. The molecule has 1 heterocycles. The third-order valence-electron chi connectivity index (χ3n) is 6.90. The Kier molecular flexibility index (Phi) is 7.82. The summed E-state index contributed by atoms with van der Waals surface area (Å²) in [6, 6.07) is 9.37. The number of methoxy groups -OCH3 is 5. The summed E-state index contributed by atoms with van der Waals surface area (Å²) in [6.45, 7) is 1.82. The molecule has 0 amide bonds. The minimum absolute atomic E-state index is 0.0432. The molecule has 1 aliphatic carbocycles. The fraction of sp³-hybridized carbons (Fsp3) is 0.357. The monoisotopic (exact) mass is 571 g/mol. The molecule has 1 aliphatic heterocycles. The van der Waals surface area contributed by atoms with Crippen LogP contribution in [0.15, 0.2) is 57.3 Å². The van der Waals surface area contributed by atoms with E-state index in [0.717, 1.165) is 16.8 Å². The van der Waals surface area contributed by atoms with Gasteiger partial charge in [-0.3, -0.25) is 4.79 Å². The second-order valence-corrected chi connectivity index (χ2v) is 9.72. The highest BCUT2D eigenvalue weighted by Crippen LogP contribution is 2.48. The molecule has 0 saturated heterocycles. The number of allylic oxidation sites excluding steroid dienone is 3. The third-order valence-corrected chi connectivity index (χ3v) is 7.49. The van der Waals surface area contributed by atoms with Crippen LogP contribution in [-0.2, 0) is 14.3 Å². The number of dihydropyridines is 1. The van der Waals surface area contributed by atoms with Gasteiger partial charge in [-0.2, -0.15) is 0 Å². The lowest BCUT2D eigenvalue weighted by Crippen LogP contribution is -2.36. The molecule has 0 aromatic heterocycles. The van der Waals surface area contributed by atoms with Crippen LogP contribution >= 0.6 is 15.9 Å². The van der Waals surface area contributed by atoms with E-state index in [1.807, 2.05) is 31.2 Å². The number of ketones is 1. The number of carbonyl (C=O) groups excluding carboxylic acids is 2. The molecule has 2 aromatic carbocycles. The molecule has 2 aromatic rings. The molecule has 0 fully saturated rings. The van der Waals surface area contributed by atoms with Crippen molar-refractivity contribution in [2.45, 2.75) is 31.6 Å². The predicted molar refractivity (Wildman–Crippen MR) is 141 cm³/mol. The molecule has 37 heavy (non-hydrogen) atoms. The second-order valence-electron chi connectivity index (χ2n) is 8.86. The zero-order valence-electron chi connectivity index (χ0n) is 21.7. The lowest BCUT2D eigenvalue weighted by atomic mass is 9.71. The van der Waals surface area contributed by atoms with Crippen LogP contribution in [0, 0.1) is 0 Å². The van der Waals surface area contributed by atoms with Crippen molar-refractivity contribution in [3.63, 3.8) is 0 Å². The number of nitrogens with one attached hydrogen (secondary N) is 1. The summed E-state index contributed by atoms with van der Waals surface area (Å²) in [5.74, 6) is 1.02. The Morgan fingerprint density at radius 3 is 2.19 bits per heavy atom. The van der Waals surface area contributed by atoms with Crippen molar-refractivity contribution in [3.8, 4) is 23.0 Å². The van der Waals surface area contributed by atoms with E-state index in [1.54, 1.807) is 34.5 Å². The van der Waals surface area contributed by atoms with E-state index in [4.69, 9.17) is 23.7 Å². The number of esters is 1. The zero-order chi connectivity index (χ0) is 26.9. The smallest absolute Gasteiger partial charge is 0.336 e. The first kappa shape index (κ1) is 26.6. The standard InChI is InChI=1S/C28H30BrNO7/c1-14-24(28(32)37-6)25(17-9-18(29)27(36-5)23(13-17)35-4)26-19(30-14)10-16(11-20(26)31)15-7-8-21(33-2)22(12-15)34-3/h7-9,12-13,16,25,30H,10-11H2,1-6H3/t16-,25-/m1/s1. The SMILES string of the molecule is COC(=O)C1=C(C)NC2=C(C(=O)C[C@H](c3ccc(OC)c(OC)c3)C2)[C@@H]1c1cc(Br)c(OC)c(OC)c1. The number of ether oxygens (including phenoxy) is 5. The van der Waals surface area contributed by atoms with Crippen molar-refractivity contribution < 1.29 is 33.3 Å². The van der Waals surface area contributed by atoms with Gasteiger partial charge in [0.1, 0.15) is 0 Å². The number of hydrogen-bond acceptors (Lipinski definition) is 8. The van der Waals surface area contributed by atoms with Gasteiger partial charge in [0.2, 0.25) is 0 Å². The summed E-state index contributed by atoms with van der Waals surface area (Å²) in [5.41, 5.74) is 4.07. The van der Waals surface area contributed by atoms with Gasteiger partial charge >= 0.3 is 5.97 Å². The molecule has 0 unspecified atom stereocenters. The van der Waals surface area contributed by atoms with Gasteiger partial charge in [0.05, 0.1) is 45.6 Å². The molecule has 0 radical (unpaired) electrons. The summed E-state index contributed by atoms with van der Waals surface area (Å²) in [4.78, 5) is 26.8. The summed E-state index contributed by atoms with van der Waals surface area (Å²) < 4.78 is 27.6. The van der Waals surface area contributed by atoms with E-state index in [0.29, 0.717) is 50.7 Å². The fourth-order valence-electron chi connectivity index (χ4n) is 5.20. The Balaban J connectivity index is 1.83. The topological polar surface area (TPSA) is 92.3 Å². The largest absolute Gasteiger partial charge is 0.493 e. The molecular weight excluding hydrogens is 542 g/mol. The van der Waals surface area contributed by atoms with E-state index in [-0.39, 0.29) is 18.1 Å². The maximum Gasteiger partial charge on any atom is 0.336 e. The van der Waals surface area contributed by atoms with Gasteiger partial charge in [-0.25, -0.2) is 4.79 Å². The summed E-state index contributed by atoms with van der Waals surface area (Å²) in [5, 5.41) is 3.34. The van der Waals surface area contributed by atoms with Crippen molar-refractivity contribution in [1.82, 2.24) is 5.32 Å². The Morgan fingerprint density at radius 2 is 1.57 bits per heavy atom. The van der Waals surface area contributed by atoms with Gasteiger partial charge in [-0.15, -0.1) is 0 Å². The first-order valence-corrected chi connectivity index (χ1v) is 12.5. The van der Waals surface area contributed by atoms with Crippen molar-refractivity contribution >= 4 is 27.7 Å². The highest BCUT2D eigenvalue weighted by molar-refractivity contribution is 9.10. The number of halogens is 1.